The molecule has 8 heavy (non-hydrogen) atoms. The molecule has 46 valence electrons. The standard InChI is InChI=1S/C7H13N/c1-7(2-3-7)5-4-6(5)8/h5-6H,2-4,8H2,1H3/t5-,6-/m1/s1. The van der Waals surface area contributed by atoms with Crippen LogP contribution in [-0.4, -0.2) is 6.04 Å². The Balaban J connectivity index is 1.99. The van der Waals surface area contributed by atoms with Gasteiger partial charge in [0.05, 0.1) is 0 Å². The van der Waals surface area contributed by atoms with Crippen LogP contribution in [0.15, 0.2) is 0 Å². The average molecular weight is 111 g/mol. The highest BCUT2D eigenvalue weighted by molar-refractivity contribution is 5.07. The summed E-state index contributed by atoms with van der Waals surface area (Å²) in [4.78, 5) is 0. The van der Waals surface area contributed by atoms with Crippen LogP contribution in [0.25, 0.3) is 0 Å². The molecule has 2 atom stereocenters. The van der Waals surface area contributed by atoms with Crippen molar-refractivity contribution in [1.29, 1.82) is 0 Å². The van der Waals surface area contributed by atoms with E-state index in [4.69, 9.17) is 5.73 Å². The fraction of sp³-hybridized carbons (Fsp3) is 1.00. The van der Waals surface area contributed by atoms with Gasteiger partial charge in [-0.2, -0.15) is 0 Å². The van der Waals surface area contributed by atoms with Crippen LogP contribution in [-0.2, 0) is 0 Å². The van der Waals surface area contributed by atoms with E-state index < -0.39 is 0 Å². The summed E-state index contributed by atoms with van der Waals surface area (Å²) in [5.41, 5.74) is 6.40. The van der Waals surface area contributed by atoms with Gasteiger partial charge in [0.2, 0.25) is 0 Å². The molecule has 0 aromatic carbocycles. The van der Waals surface area contributed by atoms with Crippen LogP contribution >= 0.6 is 0 Å². The summed E-state index contributed by atoms with van der Waals surface area (Å²) in [6.45, 7) is 2.37. The molecule has 1 heteroatoms. The van der Waals surface area contributed by atoms with Crippen LogP contribution in [0.5, 0.6) is 0 Å². The van der Waals surface area contributed by atoms with Crippen molar-refractivity contribution < 1.29 is 0 Å². The van der Waals surface area contributed by atoms with E-state index in [0.717, 1.165) is 5.92 Å². The molecule has 1 nitrogen and oxygen atoms in total. The van der Waals surface area contributed by atoms with Crippen molar-refractivity contribution in [2.45, 2.75) is 32.2 Å². The Hall–Kier alpha value is -0.0400. The Labute approximate surface area is 50.3 Å². The van der Waals surface area contributed by atoms with Gasteiger partial charge in [-0.15, -0.1) is 0 Å². The van der Waals surface area contributed by atoms with Crippen LogP contribution in [0.3, 0.4) is 0 Å². The second kappa shape index (κ2) is 1.10. The van der Waals surface area contributed by atoms with Crippen molar-refractivity contribution in [3.05, 3.63) is 0 Å². The molecule has 0 radical (unpaired) electrons. The third-order valence-corrected chi connectivity index (χ3v) is 2.77. The van der Waals surface area contributed by atoms with Gasteiger partial charge in [-0.1, -0.05) is 6.92 Å². The predicted molar refractivity (Wildman–Crippen MR) is 33.4 cm³/mol. The normalized spacial score (nSPS) is 48.8. The summed E-state index contributed by atoms with van der Waals surface area (Å²) in [7, 11) is 0. The second-order valence-electron chi connectivity index (χ2n) is 3.66. The molecule has 0 saturated heterocycles. The van der Waals surface area contributed by atoms with Crippen molar-refractivity contribution >= 4 is 0 Å². The first kappa shape index (κ1) is 4.80. The van der Waals surface area contributed by atoms with E-state index in [1.807, 2.05) is 0 Å². The number of hydrogen-bond acceptors (Lipinski definition) is 1. The molecule has 0 aromatic heterocycles. The van der Waals surface area contributed by atoms with Gasteiger partial charge in [0.1, 0.15) is 0 Å². The van der Waals surface area contributed by atoms with Gasteiger partial charge >= 0.3 is 0 Å². The molecule has 0 unspecified atom stereocenters. The second-order valence-corrected chi connectivity index (χ2v) is 3.66. The Kier molecular flexibility index (Phi) is 0.663. The molecular formula is C7H13N. The zero-order chi connectivity index (χ0) is 5.78. The van der Waals surface area contributed by atoms with Crippen molar-refractivity contribution in [2.24, 2.45) is 17.1 Å². The summed E-state index contributed by atoms with van der Waals surface area (Å²) in [5, 5.41) is 0. The summed E-state index contributed by atoms with van der Waals surface area (Å²) in [6, 6.07) is 0.572. The van der Waals surface area contributed by atoms with Gasteiger partial charge in [-0.25, -0.2) is 0 Å². The Bertz CT molecular complexity index is 116. The molecule has 2 saturated carbocycles. The molecule has 2 rings (SSSR count). The monoisotopic (exact) mass is 111 g/mol. The molecule has 0 aliphatic heterocycles. The molecule has 2 aliphatic carbocycles. The van der Waals surface area contributed by atoms with Crippen molar-refractivity contribution in [1.82, 2.24) is 0 Å². The van der Waals surface area contributed by atoms with Crippen LogP contribution < -0.4 is 5.73 Å². The minimum absolute atomic E-state index is 0.572. The van der Waals surface area contributed by atoms with E-state index in [1.165, 1.54) is 19.3 Å². The lowest BCUT2D eigenvalue weighted by Gasteiger charge is -2.02. The Morgan fingerprint density at radius 3 is 2.12 bits per heavy atom. The van der Waals surface area contributed by atoms with Crippen LogP contribution in [0.2, 0.25) is 0 Å². The third kappa shape index (κ3) is 0.510. The van der Waals surface area contributed by atoms with Gasteiger partial charge in [0.25, 0.3) is 0 Å². The van der Waals surface area contributed by atoms with Crippen LogP contribution in [0, 0.1) is 11.3 Å². The number of rotatable bonds is 1. The Morgan fingerprint density at radius 1 is 1.50 bits per heavy atom. The van der Waals surface area contributed by atoms with Crippen LogP contribution in [0.4, 0.5) is 0 Å². The number of nitrogens with two attached hydrogens (primary N) is 1. The lowest BCUT2D eigenvalue weighted by atomic mass is 10.0. The molecule has 2 aliphatic rings. The van der Waals surface area contributed by atoms with E-state index in [0.29, 0.717) is 11.5 Å². The quantitative estimate of drug-likeness (QED) is 0.539. The highest BCUT2D eigenvalue weighted by Gasteiger charge is 2.54. The van der Waals surface area contributed by atoms with E-state index in [-0.39, 0.29) is 0 Å². The Morgan fingerprint density at radius 2 is 2.00 bits per heavy atom. The van der Waals surface area contributed by atoms with E-state index in [2.05, 4.69) is 6.92 Å². The lowest BCUT2D eigenvalue weighted by molar-refractivity contribution is 0.478. The first-order valence-electron chi connectivity index (χ1n) is 3.48. The van der Waals surface area contributed by atoms with Gasteiger partial charge in [0.15, 0.2) is 0 Å². The van der Waals surface area contributed by atoms with E-state index >= 15 is 0 Å². The average Bonchev–Trinajstić information content (AvgIpc) is 2.47. The fourth-order valence-corrected chi connectivity index (χ4v) is 1.58. The van der Waals surface area contributed by atoms with E-state index in [1.54, 1.807) is 0 Å². The zero-order valence-electron chi connectivity index (χ0n) is 5.35. The zero-order valence-corrected chi connectivity index (χ0v) is 5.35. The van der Waals surface area contributed by atoms with E-state index in [9.17, 15) is 0 Å². The fourth-order valence-electron chi connectivity index (χ4n) is 1.58. The maximum Gasteiger partial charge on any atom is 0.00763 e. The smallest absolute Gasteiger partial charge is 0.00763 e. The number of hydrogen-bond donors (Lipinski definition) is 1. The highest BCUT2D eigenvalue weighted by atomic mass is 14.8. The maximum absolute atomic E-state index is 5.69. The lowest BCUT2D eigenvalue weighted by Crippen LogP contribution is -2.08. The summed E-state index contributed by atoms with van der Waals surface area (Å²) >= 11 is 0. The molecule has 0 heterocycles. The molecule has 0 bridgehead atoms. The van der Waals surface area contributed by atoms with Gasteiger partial charge in [0, 0.05) is 6.04 Å². The molecule has 2 fully saturated rings. The molecule has 2 N–H and O–H groups in total. The highest BCUT2D eigenvalue weighted by Crippen LogP contribution is 2.60. The topological polar surface area (TPSA) is 26.0 Å². The first-order valence-corrected chi connectivity index (χ1v) is 3.48. The molecular weight excluding hydrogens is 98.1 g/mol. The van der Waals surface area contributed by atoms with Gasteiger partial charge < -0.3 is 5.73 Å². The van der Waals surface area contributed by atoms with Crippen molar-refractivity contribution in [2.75, 3.05) is 0 Å². The van der Waals surface area contributed by atoms with Gasteiger partial charge in [-0.3, -0.25) is 0 Å². The minimum atomic E-state index is 0.572. The summed E-state index contributed by atoms with van der Waals surface area (Å²) in [5.74, 6) is 0.905. The van der Waals surface area contributed by atoms with Crippen molar-refractivity contribution in [3.8, 4) is 0 Å². The SMILES string of the molecule is CC1([C@@H]2C[C@H]2N)CC1. The largest absolute Gasteiger partial charge is 0.327 e. The molecule has 0 spiro atoms. The van der Waals surface area contributed by atoms with Gasteiger partial charge in [-0.05, 0) is 30.6 Å². The van der Waals surface area contributed by atoms with Crippen molar-refractivity contribution in [3.63, 3.8) is 0 Å². The molecule has 0 aromatic rings. The third-order valence-electron chi connectivity index (χ3n) is 2.77. The summed E-state index contributed by atoms with van der Waals surface area (Å²) < 4.78 is 0. The summed E-state index contributed by atoms with van der Waals surface area (Å²) in [6.07, 6.45) is 4.17. The predicted octanol–water partition coefficient (Wildman–Crippen LogP) is 1.13. The first-order chi connectivity index (χ1) is 3.72. The maximum atomic E-state index is 5.69. The van der Waals surface area contributed by atoms with Crippen LogP contribution in [0.1, 0.15) is 26.2 Å². The molecule has 0 amide bonds. The minimum Gasteiger partial charge on any atom is -0.327 e.